The van der Waals surface area contributed by atoms with Crippen molar-refractivity contribution in [3.05, 3.63) is 41.7 Å². The number of nitrogens with zero attached hydrogens (tertiary/aromatic N) is 2. The first-order valence-electron chi connectivity index (χ1n) is 5.53. The number of halogens is 1. The molecule has 0 bridgehead atoms. The van der Waals surface area contributed by atoms with Gasteiger partial charge in [0, 0.05) is 23.9 Å². The molecule has 0 aliphatic rings. The Kier molecular flexibility index (Phi) is 3.82. The summed E-state index contributed by atoms with van der Waals surface area (Å²) in [5.74, 6) is 0.576. The van der Waals surface area contributed by atoms with Crippen LogP contribution in [-0.2, 0) is 22.7 Å². The number of benzene rings is 1. The van der Waals surface area contributed by atoms with Gasteiger partial charge in [0.25, 0.3) is 9.05 Å². The number of ether oxygens (including phenoxy) is 1. The van der Waals surface area contributed by atoms with E-state index in [1.54, 1.807) is 23.7 Å². The molecule has 1 aromatic heterocycles. The van der Waals surface area contributed by atoms with Crippen LogP contribution in [0.3, 0.4) is 0 Å². The lowest BCUT2D eigenvalue weighted by Gasteiger charge is -2.07. The molecule has 102 valence electrons. The molecule has 19 heavy (non-hydrogen) atoms. The highest BCUT2D eigenvalue weighted by atomic mass is 35.7. The van der Waals surface area contributed by atoms with E-state index in [0.29, 0.717) is 17.9 Å². The fourth-order valence-corrected chi connectivity index (χ4v) is 2.88. The van der Waals surface area contributed by atoms with Crippen LogP contribution in [0.5, 0.6) is 5.75 Å². The SMILES string of the molecule is Cc1cc(OCc2ccn(C)n2)ccc1S(=O)(=O)Cl. The third-order valence-corrected chi connectivity index (χ3v) is 4.05. The molecule has 0 saturated heterocycles. The van der Waals surface area contributed by atoms with Gasteiger partial charge in [-0.2, -0.15) is 5.10 Å². The van der Waals surface area contributed by atoms with Crippen LogP contribution in [0.15, 0.2) is 35.4 Å². The van der Waals surface area contributed by atoms with Gasteiger partial charge < -0.3 is 4.74 Å². The Morgan fingerprint density at radius 1 is 1.37 bits per heavy atom. The van der Waals surface area contributed by atoms with E-state index in [2.05, 4.69) is 5.10 Å². The maximum atomic E-state index is 11.3. The van der Waals surface area contributed by atoms with Crippen LogP contribution >= 0.6 is 10.7 Å². The van der Waals surface area contributed by atoms with Crippen molar-refractivity contribution < 1.29 is 13.2 Å². The zero-order valence-corrected chi connectivity index (χ0v) is 12.1. The summed E-state index contributed by atoms with van der Waals surface area (Å²) in [4.78, 5) is 0.0966. The van der Waals surface area contributed by atoms with Crippen LogP contribution in [0.1, 0.15) is 11.3 Å². The minimum absolute atomic E-state index is 0.0966. The molecule has 0 aliphatic carbocycles. The molecular formula is C12H13ClN2O3S. The fourth-order valence-electron chi connectivity index (χ4n) is 1.68. The van der Waals surface area contributed by atoms with Gasteiger partial charge >= 0.3 is 0 Å². The zero-order valence-electron chi connectivity index (χ0n) is 10.5. The minimum atomic E-state index is -3.71. The predicted molar refractivity (Wildman–Crippen MR) is 71.8 cm³/mol. The highest BCUT2D eigenvalue weighted by molar-refractivity contribution is 8.13. The predicted octanol–water partition coefficient (Wildman–Crippen LogP) is 2.24. The molecule has 7 heteroatoms. The van der Waals surface area contributed by atoms with Gasteiger partial charge in [-0.25, -0.2) is 8.42 Å². The Hall–Kier alpha value is -1.53. The molecule has 0 amide bonds. The summed E-state index contributed by atoms with van der Waals surface area (Å²) in [6.45, 7) is 2.00. The Bertz CT molecular complexity index is 695. The molecule has 0 aliphatic heterocycles. The van der Waals surface area contributed by atoms with Crippen LogP contribution < -0.4 is 4.74 Å². The number of hydrogen-bond acceptors (Lipinski definition) is 4. The topological polar surface area (TPSA) is 61.2 Å². The van der Waals surface area contributed by atoms with Crippen molar-refractivity contribution in [2.75, 3.05) is 0 Å². The Balaban J connectivity index is 2.12. The summed E-state index contributed by atoms with van der Waals surface area (Å²) >= 11 is 0. The van der Waals surface area contributed by atoms with Crippen LogP contribution in [0, 0.1) is 6.92 Å². The first kappa shape index (κ1) is 13.9. The first-order valence-corrected chi connectivity index (χ1v) is 7.84. The second-order valence-corrected chi connectivity index (χ2v) is 6.67. The molecule has 0 radical (unpaired) electrons. The van der Waals surface area contributed by atoms with Gasteiger partial charge in [-0.3, -0.25) is 4.68 Å². The van der Waals surface area contributed by atoms with Crippen molar-refractivity contribution in [1.29, 1.82) is 0 Å². The maximum absolute atomic E-state index is 11.3. The lowest BCUT2D eigenvalue weighted by molar-refractivity contribution is 0.299. The first-order chi connectivity index (χ1) is 8.86. The lowest BCUT2D eigenvalue weighted by Crippen LogP contribution is -1.99. The molecular weight excluding hydrogens is 288 g/mol. The molecule has 0 atom stereocenters. The van der Waals surface area contributed by atoms with Crippen LogP contribution in [0.2, 0.25) is 0 Å². The molecule has 1 aromatic carbocycles. The Labute approximate surface area is 116 Å². The van der Waals surface area contributed by atoms with Crippen molar-refractivity contribution in [3.63, 3.8) is 0 Å². The van der Waals surface area contributed by atoms with Gasteiger partial charge in [-0.15, -0.1) is 0 Å². The lowest BCUT2D eigenvalue weighted by atomic mass is 10.2. The van der Waals surface area contributed by atoms with Crippen LogP contribution in [0.25, 0.3) is 0 Å². The molecule has 1 heterocycles. The summed E-state index contributed by atoms with van der Waals surface area (Å²) in [5, 5.41) is 4.18. The van der Waals surface area contributed by atoms with Crippen molar-refractivity contribution in [2.45, 2.75) is 18.4 Å². The van der Waals surface area contributed by atoms with Gasteiger partial charge in [0.15, 0.2) is 0 Å². The number of aromatic nitrogens is 2. The van der Waals surface area contributed by atoms with Gasteiger partial charge in [-0.1, -0.05) is 0 Å². The van der Waals surface area contributed by atoms with Crippen molar-refractivity contribution in [2.24, 2.45) is 7.05 Å². The summed E-state index contributed by atoms with van der Waals surface area (Å²) in [5.41, 5.74) is 1.35. The highest BCUT2D eigenvalue weighted by Gasteiger charge is 2.13. The van der Waals surface area contributed by atoms with E-state index in [9.17, 15) is 8.42 Å². The third kappa shape index (κ3) is 3.48. The average Bonchev–Trinajstić information content (AvgIpc) is 2.71. The summed E-state index contributed by atoms with van der Waals surface area (Å²) in [7, 11) is 3.42. The van der Waals surface area contributed by atoms with E-state index in [0.717, 1.165) is 5.69 Å². The minimum Gasteiger partial charge on any atom is -0.487 e. The fraction of sp³-hybridized carbons (Fsp3) is 0.250. The van der Waals surface area contributed by atoms with Crippen LogP contribution in [-0.4, -0.2) is 18.2 Å². The van der Waals surface area contributed by atoms with Gasteiger partial charge in [0.05, 0.1) is 10.6 Å². The molecule has 2 rings (SSSR count). The van der Waals surface area contributed by atoms with E-state index in [4.69, 9.17) is 15.4 Å². The summed E-state index contributed by atoms with van der Waals surface area (Å²) in [6, 6.07) is 6.50. The van der Waals surface area contributed by atoms with E-state index in [-0.39, 0.29) is 4.90 Å². The quantitative estimate of drug-likeness (QED) is 0.812. The van der Waals surface area contributed by atoms with Crippen molar-refractivity contribution in [1.82, 2.24) is 9.78 Å². The average molecular weight is 301 g/mol. The van der Waals surface area contributed by atoms with Gasteiger partial charge in [-0.05, 0) is 36.8 Å². The standard InChI is InChI=1S/C12H13ClN2O3S/c1-9-7-11(3-4-12(9)19(13,16)17)18-8-10-5-6-15(2)14-10/h3-7H,8H2,1-2H3. The smallest absolute Gasteiger partial charge is 0.261 e. The summed E-state index contributed by atoms with van der Waals surface area (Å²) < 4.78 is 29.7. The Morgan fingerprint density at radius 3 is 2.63 bits per heavy atom. The van der Waals surface area contributed by atoms with Gasteiger partial charge in [0.2, 0.25) is 0 Å². The van der Waals surface area contributed by atoms with Crippen molar-refractivity contribution >= 4 is 19.7 Å². The van der Waals surface area contributed by atoms with E-state index in [1.165, 1.54) is 6.07 Å². The monoisotopic (exact) mass is 300 g/mol. The Morgan fingerprint density at radius 2 is 2.11 bits per heavy atom. The number of rotatable bonds is 4. The molecule has 0 fully saturated rings. The molecule has 5 nitrogen and oxygen atoms in total. The van der Waals surface area contributed by atoms with Crippen LogP contribution in [0.4, 0.5) is 0 Å². The largest absolute Gasteiger partial charge is 0.487 e. The molecule has 0 unspecified atom stereocenters. The second kappa shape index (κ2) is 5.22. The number of hydrogen-bond donors (Lipinski definition) is 0. The van der Waals surface area contributed by atoms with Gasteiger partial charge in [0.1, 0.15) is 12.4 Å². The van der Waals surface area contributed by atoms with E-state index < -0.39 is 9.05 Å². The second-order valence-electron chi connectivity index (χ2n) is 4.13. The molecule has 0 saturated carbocycles. The van der Waals surface area contributed by atoms with E-state index >= 15 is 0 Å². The third-order valence-electron chi connectivity index (χ3n) is 2.56. The molecule has 0 N–H and O–H groups in total. The summed E-state index contributed by atoms with van der Waals surface area (Å²) in [6.07, 6.45) is 1.83. The van der Waals surface area contributed by atoms with E-state index in [1.807, 2.05) is 19.3 Å². The van der Waals surface area contributed by atoms with Crippen molar-refractivity contribution in [3.8, 4) is 5.75 Å². The normalized spacial score (nSPS) is 11.5. The molecule has 0 spiro atoms. The number of aryl methyl sites for hydroxylation is 2. The zero-order chi connectivity index (χ0) is 14.0. The maximum Gasteiger partial charge on any atom is 0.261 e. The molecule has 2 aromatic rings. The highest BCUT2D eigenvalue weighted by Crippen LogP contribution is 2.24.